The average Bonchev–Trinajstić information content (AvgIpc) is 3.01. The van der Waals surface area contributed by atoms with Gasteiger partial charge in [0.2, 0.25) is 0 Å². The number of para-hydroxylation sites is 1. The summed E-state index contributed by atoms with van der Waals surface area (Å²) in [4.78, 5) is 38.8. The molecule has 1 aliphatic heterocycles. The van der Waals surface area contributed by atoms with E-state index < -0.39 is 67.8 Å². The minimum atomic E-state index is -4.33. The number of carbonyl (C=O) groups is 1. The third-order valence-corrected chi connectivity index (χ3v) is 6.92. The first-order valence-corrected chi connectivity index (χ1v) is 12.7. The Morgan fingerprint density at radius 1 is 1.28 bits per heavy atom. The number of esters is 1. The Morgan fingerprint density at radius 2 is 1.94 bits per heavy atom. The van der Waals surface area contributed by atoms with Crippen molar-refractivity contribution in [3.63, 3.8) is 0 Å². The Morgan fingerprint density at radius 3 is 2.56 bits per heavy atom. The number of halogens is 1. The maximum absolute atomic E-state index is 15.4. The van der Waals surface area contributed by atoms with Gasteiger partial charge in [-0.15, -0.1) is 0 Å². The number of carbonyl (C=O) groups excluding carboxylic acids is 1. The Hall–Kier alpha value is -2.83. The number of aliphatic hydroxyl groups is 1. The molecule has 0 saturated carbocycles. The van der Waals surface area contributed by atoms with E-state index in [-0.39, 0.29) is 5.75 Å². The Bertz CT molecular complexity index is 1190. The molecule has 0 bridgehead atoms. The Balaban J connectivity index is 1.81. The summed E-state index contributed by atoms with van der Waals surface area (Å²) in [7, 11) is -4.33. The molecule has 0 spiro atoms. The van der Waals surface area contributed by atoms with E-state index in [1.807, 2.05) is 0 Å². The molecular weight excluding hydrogens is 500 g/mol. The molecule has 0 amide bonds. The normalized spacial score (nSPS) is 26.4. The molecule has 198 valence electrons. The number of aliphatic hydroxyl groups excluding tert-OH is 1. The van der Waals surface area contributed by atoms with Crippen LogP contribution in [0.2, 0.25) is 0 Å². The lowest BCUT2D eigenvalue weighted by molar-refractivity contribution is -0.149. The minimum absolute atomic E-state index is 0.140. The van der Waals surface area contributed by atoms with E-state index >= 15 is 4.39 Å². The molecule has 6 atom stereocenters. The molecule has 1 aliphatic rings. The molecule has 36 heavy (non-hydrogen) atoms. The van der Waals surface area contributed by atoms with Crippen molar-refractivity contribution in [3.05, 3.63) is 63.4 Å². The molecule has 0 aliphatic carbocycles. The van der Waals surface area contributed by atoms with E-state index in [9.17, 15) is 24.1 Å². The van der Waals surface area contributed by atoms with Gasteiger partial charge in [-0.1, -0.05) is 18.2 Å². The lowest BCUT2D eigenvalue weighted by atomic mass is 9.98. The fraction of sp³-hybridized carbons (Fsp3) is 0.500. The molecule has 14 heteroatoms. The van der Waals surface area contributed by atoms with Gasteiger partial charge in [-0.3, -0.25) is 14.1 Å². The maximum Gasteiger partial charge on any atom is 0.459 e. The summed E-state index contributed by atoms with van der Waals surface area (Å²) in [5, 5.41) is 13.0. The predicted molar refractivity (Wildman–Crippen MR) is 125 cm³/mol. The van der Waals surface area contributed by atoms with Crippen molar-refractivity contribution in [1.82, 2.24) is 14.6 Å². The minimum Gasteiger partial charge on any atom is -0.462 e. The fourth-order valence-electron chi connectivity index (χ4n) is 3.49. The first-order chi connectivity index (χ1) is 16.8. The van der Waals surface area contributed by atoms with Crippen LogP contribution >= 0.6 is 7.75 Å². The van der Waals surface area contributed by atoms with Crippen molar-refractivity contribution in [1.29, 1.82) is 0 Å². The number of alkyl halides is 1. The van der Waals surface area contributed by atoms with Gasteiger partial charge in [0.25, 0.3) is 5.56 Å². The highest BCUT2D eigenvalue weighted by Gasteiger charge is 2.56. The Kier molecular flexibility index (Phi) is 8.52. The number of benzene rings is 1. The van der Waals surface area contributed by atoms with Gasteiger partial charge < -0.3 is 24.1 Å². The number of rotatable bonds is 10. The highest BCUT2D eigenvalue weighted by Crippen LogP contribution is 2.47. The van der Waals surface area contributed by atoms with E-state index in [1.54, 1.807) is 32.0 Å². The van der Waals surface area contributed by atoms with Gasteiger partial charge in [-0.25, -0.2) is 18.3 Å². The lowest BCUT2D eigenvalue weighted by Gasteiger charge is -2.25. The third-order valence-electron chi connectivity index (χ3n) is 5.28. The standard InChI is InChI=1S/C22H29FN3O9P/c1-13(2)33-19(29)14(3)25-36(31,35-15-8-6-5-7-9-15)32-12-16-18(28)22(4,23)20(34-16)26-17(27)10-11-24-21(26)30/h5-11,13-14,16,18,20,28H,12H2,1-4H3,(H,24,30)(H,25,31)/t14-,16+,18+,20+,22+,36-/m0/s1. The van der Waals surface area contributed by atoms with Crippen molar-refractivity contribution in [2.24, 2.45) is 0 Å². The number of hydrogen-bond acceptors (Lipinski definition) is 9. The molecule has 0 unspecified atom stereocenters. The average molecular weight is 529 g/mol. The molecule has 1 aromatic heterocycles. The van der Waals surface area contributed by atoms with Crippen LogP contribution in [0.15, 0.2) is 52.2 Å². The molecule has 1 fully saturated rings. The van der Waals surface area contributed by atoms with Crippen molar-refractivity contribution in [2.75, 3.05) is 6.61 Å². The zero-order valence-corrected chi connectivity index (χ0v) is 21.0. The van der Waals surface area contributed by atoms with Crippen LogP contribution in [0.3, 0.4) is 0 Å². The number of aromatic nitrogens is 2. The summed E-state index contributed by atoms with van der Waals surface area (Å²) < 4.78 is 51.0. The van der Waals surface area contributed by atoms with Crippen molar-refractivity contribution in [3.8, 4) is 5.75 Å². The zero-order chi connectivity index (χ0) is 26.7. The summed E-state index contributed by atoms with van der Waals surface area (Å²) in [5.41, 5.74) is -4.38. The monoisotopic (exact) mass is 529 g/mol. The first kappa shape index (κ1) is 27.8. The molecule has 2 heterocycles. The topological polar surface area (TPSA) is 158 Å². The summed E-state index contributed by atoms with van der Waals surface area (Å²) >= 11 is 0. The van der Waals surface area contributed by atoms with Gasteiger partial charge in [0.05, 0.1) is 12.7 Å². The predicted octanol–water partition coefficient (Wildman–Crippen LogP) is 1.66. The van der Waals surface area contributed by atoms with Gasteiger partial charge in [0.15, 0.2) is 11.9 Å². The van der Waals surface area contributed by atoms with Crippen LogP contribution in [0.25, 0.3) is 0 Å². The van der Waals surface area contributed by atoms with Crippen LogP contribution in [-0.2, 0) is 23.4 Å². The molecule has 12 nitrogen and oxygen atoms in total. The molecule has 3 N–H and O–H groups in total. The highest BCUT2D eigenvalue weighted by molar-refractivity contribution is 7.52. The number of ether oxygens (including phenoxy) is 2. The van der Waals surface area contributed by atoms with Crippen LogP contribution in [-0.4, -0.2) is 57.3 Å². The second kappa shape index (κ2) is 11.1. The Labute approximate surface area is 205 Å². The zero-order valence-electron chi connectivity index (χ0n) is 20.1. The summed E-state index contributed by atoms with van der Waals surface area (Å²) in [6.45, 7) is 4.96. The number of nitrogens with one attached hydrogen (secondary N) is 2. The summed E-state index contributed by atoms with van der Waals surface area (Å²) in [5.74, 6) is -0.581. The second-order valence-electron chi connectivity index (χ2n) is 8.65. The van der Waals surface area contributed by atoms with Crippen LogP contribution in [0.1, 0.15) is 33.9 Å². The van der Waals surface area contributed by atoms with Gasteiger partial charge >= 0.3 is 19.4 Å². The number of aromatic amines is 1. The molecular formula is C22H29FN3O9P. The lowest BCUT2D eigenvalue weighted by Crippen LogP contribution is -2.46. The van der Waals surface area contributed by atoms with Crippen molar-refractivity contribution in [2.45, 2.75) is 63.9 Å². The smallest absolute Gasteiger partial charge is 0.459 e. The largest absolute Gasteiger partial charge is 0.462 e. The van der Waals surface area contributed by atoms with Crippen LogP contribution in [0.4, 0.5) is 4.39 Å². The second-order valence-corrected chi connectivity index (χ2v) is 10.3. The van der Waals surface area contributed by atoms with E-state index in [0.29, 0.717) is 4.57 Å². The van der Waals surface area contributed by atoms with Gasteiger partial charge in [-0.05, 0) is 39.8 Å². The summed E-state index contributed by atoms with van der Waals surface area (Å²) in [6, 6.07) is 7.81. The maximum atomic E-state index is 15.4. The first-order valence-electron chi connectivity index (χ1n) is 11.1. The molecule has 3 rings (SSSR count). The van der Waals surface area contributed by atoms with Gasteiger partial charge in [0, 0.05) is 12.3 Å². The van der Waals surface area contributed by atoms with Crippen molar-refractivity contribution >= 4 is 13.7 Å². The van der Waals surface area contributed by atoms with Crippen LogP contribution < -0.4 is 20.9 Å². The number of H-pyrrole nitrogens is 1. The summed E-state index contributed by atoms with van der Waals surface area (Å²) in [6.07, 6.45) is -4.45. The number of nitrogens with zero attached hydrogens (tertiary/aromatic N) is 1. The highest BCUT2D eigenvalue weighted by atomic mass is 31.2. The van der Waals surface area contributed by atoms with Gasteiger partial charge in [0.1, 0.15) is 24.0 Å². The fourth-order valence-corrected chi connectivity index (χ4v) is 4.99. The third kappa shape index (κ3) is 6.29. The molecule has 1 aromatic carbocycles. The number of hydrogen-bond donors (Lipinski definition) is 3. The molecule has 0 radical (unpaired) electrons. The van der Waals surface area contributed by atoms with Crippen molar-refractivity contribution < 1.29 is 37.4 Å². The quantitative estimate of drug-likeness (QED) is 0.305. The van der Waals surface area contributed by atoms with E-state index in [0.717, 1.165) is 19.2 Å². The SMILES string of the molecule is CC(C)OC(=O)[C@H](C)N[P@](=O)(OC[C@H]1O[C@@H](n2c(=O)cc[nH]c2=O)[C@](C)(F)[C@@H]1O)Oc1ccccc1. The molecule has 2 aromatic rings. The van der Waals surface area contributed by atoms with Gasteiger partial charge in [-0.2, -0.15) is 5.09 Å². The van der Waals surface area contributed by atoms with E-state index in [4.69, 9.17) is 18.5 Å². The van der Waals surface area contributed by atoms with E-state index in [2.05, 4.69) is 10.1 Å². The van der Waals surface area contributed by atoms with E-state index in [1.165, 1.54) is 19.1 Å². The van der Waals surface area contributed by atoms with Crippen LogP contribution in [0, 0.1) is 0 Å². The van der Waals surface area contributed by atoms with Crippen LogP contribution in [0.5, 0.6) is 5.75 Å². The molecule has 1 saturated heterocycles.